The van der Waals surface area contributed by atoms with Crippen molar-refractivity contribution in [3.8, 4) is 0 Å². The third-order valence-electron chi connectivity index (χ3n) is 3.37. The molecule has 2 rings (SSSR count). The predicted molar refractivity (Wildman–Crippen MR) is 51.4 cm³/mol. The van der Waals surface area contributed by atoms with Gasteiger partial charge in [-0.3, -0.25) is 0 Å². The van der Waals surface area contributed by atoms with Crippen LogP contribution in [0.4, 0.5) is 0 Å². The van der Waals surface area contributed by atoms with Crippen LogP contribution in [-0.2, 0) is 0 Å². The quantitative estimate of drug-likeness (QED) is 0.633. The summed E-state index contributed by atoms with van der Waals surface area (Å²) in [5, 5.41) is 7.84. The van der Waals surface area contributed by atoms with Gasteiger partial charge in [0.2, 0.25) is 0 Å². The number of nitrogens with zero attached hydrogens (tertiary/aromatic N) is 1. The fourth-order valence-corrected chi connectivity index (χ4v) is 2.56. The zero-order chi connectivity index (χ0) is 8.23. The predicted octanol–water partition coefficient (Wildman–Crippen LogP) is 1.77. The Morgan fingerprint density at radius 2 is 1.42 bits per heavy atom. The molecular weight excluding hydrogens is 148 g/mol. The van der Waals surface area contributed by atoms with E-state index in [4.69, 9.17) is 0 Å². The van der Waals surface area contributed by atoms with Gasteiger partial charge in [-0.2, -0.15) is 0 Å². The lowest BCUT2D eigenvalue weighted by atomic mass is 9.80. The molecule has 1 N–H and O–H groups in total. The summed E-state index contributed by atoms with van der Waals surface area (Å²) in [7, 11) is 0. The smallest absolute Gasteiger partial charge is 0.00462 e. The molecule has 0 aromatic rings. The van der Waals surface area contributed by atoms with E-state index < -0.39 is 0 Å². The van der Waals surface area contributed by atoms with Gasteiger partial charge in [-0.1, -0.05) is 12.8 Å². The first-order valence-electron chi connectivity index (χ1n) is 5.31. The van der Waals surface area contributed by atoms with E-state index in [0.717, 1.165) is 24.9 Å². The van der Waals surface area contributed by atoms with Crippen LogP contribution in [0.5, 0.6) is 0 Å². The molecule has 0 radical (unpaired) electrons. The molecule has 0 amide bonds. The Hall–Kier alpha value is -0.0800. The number of hydrogen-bond acceptors (Lipinski definition) is 1. The minimum Gasteiger partial charge on any atom is -0.662 e. The van der Waals surface area contributed by atoms with Crippen LogP contribution in [0.1, 0.15) is 25.7 Å². The van der Waals surface area contributed by atoms with Crippen molar-refractivity contribution in [3.63, 3.8) is 0 Å². The number of hydrogen-bond donors (Lipinski definition) is 1. The highest BCUT2D eigenvalue weighted by Crippen LogP contribution is 2.30. The van der Waals surface area contributed by atoms with Gasteiger partial charge in [0, 0.05) is 0 Å². The third kappa shape index (κ3) is 1.99. The summed E-state index contributed by atoms with van der Waals surface area (Å²) in [6.45, 7) is 4.76. The first kappa shape index (κ1) is 8.52. The van der Waals surface area contributed by atoms with Gasteiger partial charge in [-0.15, -0.1) is 13.1 Å². The molecule has 0 aromatic heterocycles. The lowest BCUT2D eigenvalue weighted by Gasteiger charge is -2.38. The molecule has 2 heteroatoms. The Morgan fingerprint density at radius 3 is 2.08 bits per heavy atom. The average molecular weight is 167 g/mol. The van der Waals surface area contributed by atoms with Gasteiger partial charge in [0.05, 0.1) is 0 Å². The van der Waals surface area contributed by atoms with Crippen LogP contribution >= 0.6 is 0 Å². The first-order valence-corrected chi connectivity index (χ1v) is 5.31. The van der Waals surface area contributed by atoms with E-state index in [-0.39, 0.29) is 0 Å². The maximum absolute atomic E-state index is 4.41. The zero-order valence-electron chi connectivity index (χ0n) is 7.76. The lowest BCUT2D eigenvalue weighted by molar-refractivity contribution is 0.233. The topological polar surface area (TPSA) is 26.1 Å². The highest BCUT2D eigenvalue weighted by molar-refractivity contribution is 4.90. The molecule has 2 nitrogen and oxygen atoms in total. The van der Waals surface area contributed by atoms with Crippen molar-refractivity contribution < 1.29 is 0 Å². The molecule has 0 spiro atoms. The Labute approximate surface area is 75.1 Å². The van der Waals surface area contributed by atoms with E-state index in [1.54, 1.807) is 0 Å². The minimum atomic E-state index is 1.00. The summed E-state index contributed by atoms with van der Waals surface area (Å²) in [4.78, 5) is 0. The second-order valence-electron chi connectivity index (χ2n) is 4.10. The molecule has 0 aliphatic carbocycles. The van der Waals surface area contributed by atoms with Gasteiger partial charge in [0.1, 0.15) is 0 Å². The normalized spacial score (nSPS) is 29.0. The van der Waals surface area contributed by atoms with Crippen molar-refractivity contribution in [3.05, 3.63) is 5.32 Å². The molecule has 0 bridgehead atoms. The van der Waals surface area contributed by atoms with E-state index in [0.29, 0.717) is 0 Å². The van der Waals surface area contributed by atoms with Crippen molar-refractivity contribution in [2.45, 2.75) is 25.7 Å². The standard InChI is InChI=1S/C10H19N2/c1-5-11-6-2-9(1)10-3-7-12-8-4-10/h9-11H,1-8H2/q-1. The third-order valence-corrected chi connectivity index (χ3v) is 3.37. The molecule has 12 heavy (non-hydrogen) atoms. The second-order valence-corrected chi connectivity index (χ2v) is 4.10. The lowest BCUT2D eigenvalue weighted by Crippen LogP contribution is -2.33. The van der Waals surface area contributed by atoms with Crippen LogP contribution in [0, 0.1) is 11.8 Å². The average Bonchev–Trinajstić information content (AvgIpc) is 2.21. The van der Waals surface area contributed by atoms with Crippen molar-refractivity contribution in [1.82, 2.24) is 5.32 Å². The first-order chi connectivity index (χ1) is 5.97. The van der Waals surface area contributed by atoms with Crippen LogP contribution in [0.2, 0.25) is 0 Å². The van der Waals surface area contributed by atoms with Gasteiger partial charge >= 0.3 is 0 Å². The number of nitrogens with one attached hydrogen (secondary N) is 1. The molecule has 2 aliphatic heterocycles. The highest BCUT2D eigenvalue weighted by Gasteiger charge is 2.22. The Balaban J connectivity index is 1.80. The molecule has 0 aromatic carbocycles. The summed E-state index contributed by atoms with van der Waals surface area (Å²) in [5.74, 6) is 2.02. The van der Waals surface area contributed by atoms with Crippen LogP contribution in [0.25, 0.3) is 5.32 Å². The van der Waals surface area contributed by atoms with Gasteiger partial charge in [-0.25, -0.2) is 0 Å². The SMILES string of the molecule is C1CC(C2CCNCC2)CC[N-]1. The Morgan fingerprint density at radius 1 is 0.833 bits per heavy atom. The van der Waals surface area contributed by atoms with Crippen LogP contribution in [-0.4, -0.2) is 26.2 Å². The van der Waals surface area contributed by atoms with E-state index >= 15 is 0 Å². The number of piperidine rings is 2. The summed E-state index contributed by atoms with van der Waals surface area (Å²) < 4.78 is 0. The molecule has 70 valence electrons. The fraction of sp³-hybridized carbons (Fsp3) is 1.00. The van der Waals surface area contributed by atoms with E-state index in [1.807, 2.05) is 0 Å². The van der Waals surface area contributed by atoms with Gasteiger partial charge < -0.3 is 10.6 Å². The molecular formula is C10H19N2-. The molecule has 2 heterocycles. The maximum Gasteiger partial charge on any atom is -0.00462 e. The van der Waals surface area contributed by atoms with Crippen molar-refractivity contribution in [2.75, 3.05) is 26.2 Å². The summed E-state index contributed by atoms with van der Waals surface area (Å²) >= 11 is 0. The molecule has 2 aliphatic rings. The highest BCUT2D eigenvalue weighted by atomic mass is 14.9. The van der Waals surface area contributed by atoms with Crippen molar-refractivity contribution in [1.29, 1.82) is 0 Å². The van der Waals surface area contributed by atoms with Crippen LogP contribution < -0.4 is 5.32 Å². The minimum absolute atomic E-state index is 1.00. The van der Waals surface area contributed by atoms with E-state index in [2.05, 4.69) is 10.6 Å². The fourth-order valence-electron chi connectivity index (χ4n) is 2.56. The Kier molecular flexibility index (Phi) is 3.01. The zero-order valence-corrected chi connectivity index (χ0v) is 7.76. The molecule has 0 atom stereocenters. The van der Waals surface area contributed by atoms with E-state index in [9.17, 15) is 0 Å². The van der Waals surface area contributed by atoms with Gasteiger partial charge in [0.25, 0.3) is 0 Å². The second kappa shape index (κ2) is 4.24. The van der Waals surface area contributed by atoms with Gasteiger partial charge in [0.15, 0.2) is 0 Å². The molecule has 2 saturated heterocycles. The molecule has 0 saturated carbocycles. The monoisotopic (exact) mass is 167 g/mol. The summed E-state index contributed by atoms with van der Waals surface area (Å²) in [6, 6.07) is 0. The Bertz CT molecular complexity index is 108. The van der Waals surface area contributed by atoms with Crippen molar-refractivity contribution >= 4 is 0 Å². The molecule has 2 fully saturated rings. The number of rotatable bonds is 1. The van der Waals surface area contributed by atoms with E-state index in [1.165, 1.54) is 38.8 Å². The maximum atomic E-state index is 4.41. The van der Waals surface area contributed by atoms with Gasteiger partial charge in [-0.05, 0) is 37.8 Å². The van der Waals surface area contributed by atoms with Crippen LogP contribution in [0.15, 0.2) is 0 Å². The largest absolute Gasteiger partial charge is 0.662 e. The molecule has 0 unspecified atom stereocenters. The van der Waals surface area contributed by atoms with Crippen molar-refractivity contribution in [2.24, 2.45) is 11.8 Å². The summed E-state index contributed by atoms with van der Waals surface area (Å²) in [6.07, 6.45) is 5.55. The van der Waals surface area contributed by atoms with Crippen LogP contribution in [0.3, 0.4) is 0 Å². The summed E-state index contributed by atoms with van der Waals surface area (Å²) in [5.41, 5.74) is 0.